The van der Waals surface area contributed by atoms with Gasteiger partial charge in [0.05, 0.1) is 0 Å². The molecule has 1 heterocycles. The molecule has 6 nitrogen and oxygen atoms in total. The summed E-state index contributed by atoms with van der Waals surface area (Å²) in [4.78, 5) is 19.7. The molecule has 1 unspecified atom stereocenters. The first-order valence-corrected chi connectivity index (χ1v) is 6.95. The number of amides is 1. The lowest BCUT2D eigenvalue weighted by atomic mass is 10.2. The molecule has 0 aliphatic heterocycles. The standard InChI is InChI=1S/C13H9ClN4O2S/c14-9-3-1-8(2-4-9)13-18-10(7-21-13)11(5-15)20-17-6-12(16)19/h1-4,6-7,11H,(H2,16,19)/b17-6+. The van der Waals surface area contributed by atoms with Crippen molar-refractivity contribution < 1.29 is 9.63 Å². The molecule has 0 fully saturated rings. The molecule has 1 amide bonds. The Morgan fingerprint density at radius 2 is 2.24 bits per heavy atom. The Hall–Kier alpha value is -2.43. The third-order valence-electron chi connectivity index (χ3n) is 2.35. The third-order valence-corrected chi connectivity index (χ3v) is 3.51. The number of oxime groups is 1. The van der Waals surface area contributed by atoms with Crippen molar-refractivity contribution in [1.82, 2.24) is 4.98 Å². The van der Waals surface area contributed by atoms with Crippen LogP contribution in [0.3, 0.4) is 0 Å². The van der Waals surface area contributed by atoms with Crippen LogP contribution >= 0.6 is 22.9 Å². The molecule has 106 valence electrons. The smallest absolute Gasteiger partial charge is 0.263 e. The monoisotopic (exact) mass is 320 g/mol. The van der Waals surface area contributed by atoms with E-state index in [4.69, 9.17) is 27.4 Å². The maximum Gasteiger partial charge on any atom is 0.263 e. The molecule has 0 aliphatic carbocycles. The van der Waals surface area contributed by atoms with Gasteiger partial charge in [-0.3, -0.25) is 4.79 Å². The van der Waals surface area contributed by atoms with Crippen molar-refractivity contribution in [3.63, 3.8) is 0 Å². The lowest BCUT2D eigenvalue weighted by Gasteiger charge is -2.02. The Balaban J connectivity index is 2.16. The normalized spacial score (nSPS) is 12.0. The van der Waals surface area contributed by atoms with Gasteiger partial charge in [0.1, 0.15) is 23.0 Å². The van der Waals surface area contributed by atoms with Crippen LogP contribution in [0, 0.1) is 11.3 Å². The minimum absolute atomic E-state index is 0.411. The SMILES string of the molecule is N#CC(O/N=C/C(N)=O)c1csc(-c2ccc(Cl)cc2)n1. The van der Waals surface area contributed by atoms with Crippen LogP contribution in [0.2, 0.25) is 5.02 Å². The second-order valence-electron chi connectivity index (χ2n) is 3.84. The number of nitrogens with two attached hydrogens (primary N) is 1. The Kier molecular flexibility index (Phi) is 4.87. The Morgan fingerprint density at radius 3 is 2.86 bits per heavy atom. The van der Waals surface area contributed by atoms with E-state index in [1.807, 2.05) is 18.2 Å². The molecule has 21 heavy (non-hydrogen) atoms. The van der Waals surface area contributed by atoms with Gasteiger partial charge < -0.3 is 10.6 Å². The molecule has 0 radical (unpaired) electrons. The summed E-state index contributed by atoms with van der Waals surface area (Å²) < 4.78 is 0. The van der Waals surface area contributed by atoms with Crippen molar-refractivity contribution in [3.05, 3.63) is 40.4 Å². The van der Waals surface area contributed by atoms with Gasteiger partial charge in [0.15, 0.2) is 0 Å². The number of hydrogen-bond donors (Lipinski definition) is 1. The number of carbonyl (C=O) groups is 1. The maximum atomic E-state index is 10.5. The number of primary amides is 1. The van der Waals surface area contributed by atoms with Crippen LogP contribution in [0.4, 0.5) is 0 Å². The van der Waals surface area contributed by atoms with E-state index in [-0.39, 0.29) is 0 Å². The van der Waals surface area contributed by atoms with E-state index in [1.54, 1.807) is 17.5 Å². The van der Waals surface area contributed by atoms with Crippen molar-refractivity contribution >= 4 is 35.1 Å². The summed E-state index contributed by atoms with van der Waals surface area (Å²) in [5.41, 5.74) is 6.17. The average Bonchev–Trinajstić information content (AvgIpc) is 2.93. The molecule has 8 heteroatoms. The molecule has 2 aromatic rings. The Bertz CT molecular complexity index is 706. The molecule has 1 aromatic heterocycles. The highest BCUT2D eigenvalue weighted by atomic mass is 35.5. The van der Waals surface area contributed by atoms with Gasteiger partial charge in [-0.1, -0.05) is 28.9 Å². The fourth-order valence-electron chi connectivity index (χ4n) is 1.42. The molecule has 0 saturated heterocycles. The van der Waals surface area contributed by atoms with Crippen LogP contribution in [-0.2, 0) is 9.63 Å². The van der Waals surface area contributed by atoms with Gasteiger partial charge in [-0.05, 0) is 12.1 Å². The summed E-state index contributed by atoms with van der Waals surface area (Å²) in [6.45, 7) is 0. The average molecular weight is 321 g/mol. The highest BCUT2D eigenvalue weighted by Gasteiger charge is 2.16. The molecule has 2 rings (SSSR count). The summed E-state index contributed by atoms with van der Waals surface area (Å²) in [6, 6.07) is 9.08. The predicted molar refractivity (Wildman–Crippen MR) is 79.7 cm³/mol. The fraction of sp³-hybridized carbons (Fsp3) is 0.0769. The predicted octanol–water partition coefficient (Wildman–Crippen LogP) is 2.52. The molecule has 0 aliphatic rings. The molecule has 0 bridgehead atoms. The topological polar surface area (TPSA) is 101 Å². The van der Waals surface area contributed by atoms with E-state index in [1.165, 1.54) is 11.3 Å². The number of aromatic nitrogens is 1. The lowest BCUT2D eigenvalue weighted by molar-refractivity contribution is -0.111. The first-order valence-electron chi connectivity index (χ1n) is 5.69. The van der Waals surface area contributed by atoms with Crippen molar-refractivity contribution in [1.29, 1.82) is 5.26 Å². The fourth-order valence-corrected chi connectivity index (χ4v) is 2.38. The number of benzene rings is 1. The van der Waals surface area contributed by atoms with Crippen LogP contribution in [0.5, 0.6) is 0 Å². The summed E-state index contributed by atoms with van der Waals surface area (Å²) in [6.07, 6.45) is -0.213. The molecular weight excluding hydrogens is 312 g/mol. The van der Waals surface area contributed by atoms with E-state index in [0.717, 1.165) is 16.8 Å². The van der Waals surface area contributed by atoms with Crippen molar-refractivity contribution in [2.75, 3.05) is 0 Å². The van der Waals surface area contributed by atoms with Gasteiger partial charge in [-0.15, -0.1) is 11.3 Å². The van der Waals surface area contributed by atoms with Crippen molar-refractivity contribution in [3.8, 4) is 16.6 Å². The number of carbonyl (C=O) groups excluding carboxylic acids is 1. The van der Waals surface area contributed by atoms with Crippen molar-refractivity contribution in [2.45, 2.75) is 6.10 Å². The summed E-state index contributed by atoms with van der Waals surface area (Å²) >= 11 is 7.19. The first-order chi connectivity index (χ1) is 10.1. The van der Waals surface area contributed by atoms with Gasteiger partial charge in [0.25, 0.3) is 12.0 Å². The second-order valence-corrected chi connectivity index (χ2v) is 5.13. The lowest BCUT2D eigenvalue weighted by Crippen LogP contribution is -2.12. The highest BCUT2D eigenvalue weighted by Crippen LogP contribution is 2.28. The number of nitrogens with zero attached hydrogens (tertiary/aromatic N) is 3. The number of halogens is 1. The highest BCUT2D eigenvalue weighted by molar-refractivity contribution is 7.13. The zero-order valence-electron chi connectivity index (χ0n) is 10.6. The number of hydrogen-bond acceptors (Lipinski definition) is 6. The third kappa shape index (κ3) is 4.02. The molecule has 0 saturated carbocycles. The molecule has 1 atom stereocenters. The van der Waals surface area contributed by atoms with E-state index < -0.39 is 12.0 Å². The zero-order chi connectivity index (χ0) is 15.2. The molecular formula is C13H9ClN4O2S. The van der Waals surface area contributed by atoms with E-state index in [9.17, 15) is 4.79 Å². The largest absolute Gasteiger partial charge is 0.370 e. The Morgan fingerprint density at radius 1 is 1.52 bits per heavy atom. The first kappa shape index (κ1) is 15.0. The van der Waals surface area contributed by atoms with Gasteiger partial charge in [0.2, 0.25) is 0 Å². The summed E-state index contributed by atoms with van der Waals surface area (Å²) in [5, 5.41) is 15.4. The molecule has 2 N–H and O–H groups in total. The minimum atomic E-state index is -1.00. The van der Waals surface area contributed by atoms with Crippen LogP contribution in [0.25, 0.3) is 10.6 Å². The second kappa shape index (κ2) is 6.83. The summed E-state index contributed by atoms with van der Waals surface area (Å²) in [7, 11) is 0. The van der Waals surface area contributed by atoms with Crippen LogP contribution in [0.1, 0.15) is 11.8 Å². The number of thiazole rings is 1. The van der Waals surface area contributed by atoms with E-state index in [2.05, 4.69) is 10.1 Å². The van der Waals surface area contributed by atoms with Gasteiger partial charge in [-0.25, -0.2) is 4.98 Å². The molecule has 1 aromatic carbocycles. The van der Waals surface area contributed by atoms with Crippen LogP contribution < -0.4 is 5.73 Å². The summed E-state index contributed by atoms with van der Waals surface area (Å²) in [5.74, 6) is -0.758. The zero-order valence-corrected chi connectivity index (χ0v) is 12.1. The number of nitriles is 1. The van der Waals surface area contributed by atoms with Crippen LogP contribution in [-0.4, -0.2) is 17.1 Å². The van der Waals surface area contributed by atoms with E-state index >= 15 is 0 Å². The quantitative estimate of drug-likeness (QED) is 0.675. The van der Waals surface area contributed by atoms with E-state index in [0.29, 0.717) is 10.7 Å². The number of rotatable bonds is 5. The molecule has 0 spiro atoms. The minimum Gasteiger partial charge on any atom is -0.370 e. The van der Waals surface area contributed by atoms with Gasteiger partial charge in [-0.2, -0.15) is 5.26 Å². The van der Waals surface area contributed by atoms with Gasteiger partial charge >= 0.3 is 0 Å². The maximum absolute atomic E-state index is 10.5. The van der Waals surface area contributed by atoms with Crippen molar-refractivity contribution in [2.24, 2.45) is 10.9 Å². The van der Waals surface area contributed by atoms with Gasteiger partial charge in [0, 0.05) is 16.0 Å². The Labute approximate surface area is 129 Å². The van der Waals surface area contributed by atoms with Crippen LogP contribution in [0.15, 0.2) is 34.8 Å².